The molecule has 2 fully saturated rings. The van der Waals surface area contributed by atoms with Crippen LogP contribution in [0.2, 0.25) is 0 Å². The van der Waals surface area contributed by atoms with E-state index in [1.54, 1.807) is 31.4 Å². The molecule has 2 heterocycles. The van der Waals surface area contributed by atoms with Crippen molar-refractivity contribution in [2.45, 2.75) is 29.9 Å². The highest BCUT2D eigenvalue weighted by Gasteiger charge is 2.29. The van der Waals surface area contributed by atoms with Gasteiger partial charge in [-0.1, -0.05) is 0 Å². The molecule has 3 rings (SSSR count). The van der Waals surface area contributed by atoms with E-state index in [1.165, 1.54) is 4.31 Å². The van der Waals surface area contributed by atoms with Crippen molar-refractivity contribution in [2.75, 3.05) is 59.7 Å². The molecule has 2 atom stereocenters. The molecule has 0 amide bonds. The summed E-state index contributed by atoms with van der Waals surface area (Å²) in [5.74, 6) is 0.625. The van der Waals surface area contributed by atoms with Crippen LogP contribution in [0.4, 0.5) is 0 Å². The molecular weight excluding hydrogens is 384 g/mol. The fraction of sp³-hybridized carbons (Fsp3) is 0.684. The number of ether oxygens (including phenoxy) is 3. The number of sulfonamides is 1. The lowest BCUT2D eigenvalue weighted by Crippen LogP contribution is -2.50. The second-order valence-electron chi connectivity index (χ2n) is 7.21. The van der Waals surface area contributed by atoms with Crippen LogP contribution in [-0.2, 0) is 19.5 Å². The van der Waals surface area contributed by atoms with E-state index in [-0.39, 0.29) is 17.6 Å². The summed E-state index contributed by atoms with van der Waals surface area (Å²) in [6.07, 6.45) is 1.64. The minimum atomic E-state index is -3.51. The molecule has 0 radical (unpaired) electrons. The van der Waals surface area contributed by atoms with E-state index >= 15 is 0 Å². The van der Waals surface area contributed by atoms with Crippen molar-refractivity contribution in [3.63, 3.8) is 0 Å². The van der Waals surface area contributed by atoms with Gasteiger partial charge in [0, 0.05) is 39.3 Å². The zero-order valence-electron chi connectivity index (χ0n) is 16.3. The Labute approximate surface area is 167 Å². The summed E-state index contributed by atoms with van der Waals surface area (Å²) in [5.41, 5.74) is 0. The maximum atomic E-state index is 12.8. The van der Waals surface area contributed by atoms with Gasteiger partial charge in [0.05, 0.1) is 37.4 Å². The van der Waals surface area contributed by atoms with Crippen LogP contribution in [0.25, 0.3) is 0 Å². The zero-order valence-corrected chi connectivity index (χ0v) is 17.1. The molecule has 1 N–H and O–H groups in total. The Morgan fingerprint density at radius 2 is 1.93 bits per heavy atom. The van der Waals surface area contributed by atoms with Crippen LogP contribution in [0.5, 0.6) is 5.75 Å². The number of aliphatic hydroxyl groups excluding tert-OH is 1. The molecule has 158 valence electrons. The van der Waals surface area contributed by atoms with E-state index in [2.05, 4.69) is 4.90 Å². The number of benzene rings is 1. The number of β-amino-alcohol motifs (C(OH)–C–C–N with tert-alkyl or cyclic N) is 1. The quantitative estimate of drug-likeness (QED) is 0.632. The van der Waals surface area contributed by atoms with E-state index in [0.717, 1.165) is 19.4 Å². The molecule has 0 bridgehead atoms. The van der Waals surface area contributed by atoms with Crippen molar-refractivity contribution in [3.8, 4) is 5.75 Å². The van der Waals surface area contributed by atoms with Gasteiger partial charge in [-0.05, 0) is 37.1 Å². The first-order valence-electron chi connectivity index (χ1n) is 9.73. The first kappa shape index (κ1) is 21.5. The Morgan fingerprint density at radius 1 is 1.21 bits per heavy atom. The molecule has 9 heteroatoms. The Balaban J connectivity index is 1.41. The lowest BCUT2D eigenvalue weighted by molar-refractivity contribution is -0.0270. The predicted octanol–water partition coefficient (Wildman–Crippen LogP) is 0.558. The minimum absolute atomic E-state index is 0.152. The molecule has 28 heavy (non-hydrogen) atoms. The molecule has 1 aromatic carbocycles. The molecule has 0 aliphatic carbocycles. The molecule has 8 nitrogen and oxygen atoms in total. The summed E-state index contributed by atoms with van der Waals surface area (Å²) < 4.78 is 43.2. The largest absolute Gasteiger partial charge is 0.497 e. The highest BCUT2D eigenvalue weighted by molar-refractivity contribution is 7.89. The van der Waals surface area contributed by atoms with E-state index in [4.69, 9.17) is 14.2 Å². The van der Waals surface area contributed by atoms with Crippen LogP contribution in [0.3, 0.4) is 0 Å². The van der Waals surface area contributed by atoms with Gasteiger partial charge < -0.3 is 19.3 Å². The van der Waals surface area contributed by atoms with Crippen molar-refractivity contribution in [1.29, 1.82) is 0 Å². The van der Waals surface area contributed by atoms with Crippen LogP contribution in [-0.4, -0.2) is 94.6 Å². The molecule has 0 saturated carbocycles. The number of hydrogen-bond acceptors (Lipinski definition) is 7. The van der Waals surface area contributed by atoms with Crippen molar-refractivity contribution in [2.24, 2.45) is 0 Å². The third-order valence-electron chi connectivity index (χ3n) is 5.14. The van der Waals surface area contributed by atoms with Gasteiger partial charge in [-0.2, -0.15) is 4.31 Å². The van der Waals surface area contributed by atoms with Gasteiger partial charge in [0.25, 0.3) is 0 Å². The van der Waals surface area contributed by atoms with Crippen LogP contribution in [0, 0.1) is 0 Å². The van der Waals surface area contributed by atoms with Crippen LogP contribution >= 0.6 is 0 Å². The molecule has 0 unspecified atom stereocenters. The molecule has 0 aromatic heterocycles. The Bertz CT molecular complexity index is 698. The number of methoxy groups -OCH3 is 1. The first-order valence-corrected chi connectivity index (χ1v) is 11.2. The number of rotatable bonds is 9. The summed E-state index contributed by atoms with van der Waals surface area (Å²) >= 11 is 0. The smallest absolute Gasteiger partial charge is 0.243 e. The van der Waals surface area contributed by atoms with Gasteiger partial charge in [0.2, 0.25) is 10.0 Å². The van der Waals surface area contributed by atoms with Crippen molar-refractivity contribution >= 4 is 10.0 Å². The Kier molecular flexibility index (Phi) is 7.67. The number of nitrogens with zero attached hydrogens (tertiary/aromatic N) is 2. The Hall–Kier alpha value is -1.23. The van der Waals surface area contributed by atoms with Gasteiger partial charge in [-0.25, -0.2) is 8.42 Å². The second kappa shape index (κ2) is 10.00. The highest BCUT2D eigenvalue weighted by Crippen LogP contribution is 2.20. The minimum Gasteiger partial charge on any atom is -0.497 e. The van der Waals surface area contributed by atoms with Crippen LogP contribution < -0.4 is 4.74 Å². The summed E-state index contributed by atoms with van der Waals surface area (Å²) in [7, 11) is -1.97. The molecular formula is C19H30N2O6S. The van der Waals surface area contributed by atoms with Gasteiger partial charge in [-0.3, -0.25) is 4.90 Å². The van der Waals surface area contributed by atoms with Crippen molar-refractivity contribution < 1.29 is 27.7 Å². The van der Waals surface area contributed by atoms with Gasteiger partial charge in [0.15, 0.2) is 0 Å². The normalized spacial score (nSPS) is 23.0. The maximum absolute atomic E-state index is 12.8. The monoisotopic (exact) mass is 414 g/mol. The van der Waals surface area contributed by atoms with Crippen LogP contribution in [0.1, 0.15) is 12.8 Å². The fourth-order valence-corrected chi connectivity index (χ4v) is 4.93. The van der Waals surface area contributed by atoms with E-state index in [1.807, 2.05) is 0 Å². The average Bonchev–Trinajstić information content (AvgIpc) is 3.22. The predicted molar refractivity (Wildman–Crippen MR) is 104 cm³/mol. The third-order valence-corrected chi connectivity index (χ3v) is 7.05. The molecule has 2 saturated heterocycles. The molecule has 2 aliphatic heterocycles. The molecule has 1 aromatic rings. The topological polar surface area (TPSA) is 88.5 Å². The fourth-order valence-electron chi connectivity index (χ4n) is 3.51. The Morgan fingerprint density at radius 3 is 2.54 bits per heavy atom. The summed E-state index contributed by atoms with van der Waals surface area (Å²) in [6.45, 7) is 4.02. The molecule has 0 spiro atoms. The number of piperazine rings is 1. The lowest BCUT2D eigenvalue weighted by atomic mass is 10.2. The summed E-state index contributed by atoms with van der Waals surface area (Å²) in [6, 6.07) is 6.43. The second-order valence-corrected chi connectivity index (χ2v) is 9.14. The van der Waals surface area contributed by atoms with E-state index < -0.39 is 16.1 Å². The van der Waals surface area contributed by atoms with Crippen LogP contribution in [0.15, 0.2) is 29.2 Å². The first-order chi connectivity index (χ1) is 13.5. The SMILES string of the molecule is COc1ccc(S(=O)(=O)N2CCN(C[C@@H](O)COC[C@H]3CCCO3)CC2)cc1. The van der Waals surface area contributed by atoms with Gasteiger partial charge in [0.1, 0.15) is 5.75 Å². The standard InChI is InChI=1S/C19H30N2O6S/c1-25-17-4-6-19(7-5-17)28(23,24)21-10-8-20(9-11-21)13-16(22)14-26-15-18-3-2-12-27-18/h4-7,16,18,22H,2-3,8-15H2,1H3/t16-,18-/m1/s1. The van der Waals surface area contributed by atoms with E-state index in [0.29, 0.717) is 45.1 Å². The zero-order chi connectivity index (χ0) is 20.0. The maximum Gasteiger partial charge on any atom is 0.243 e. The third kappa shape index (κ3) is 5.65. The number of hydrogen-bond donors (Lipinski definition) is 1. The van der Waals surface area contributed by atoms with Gasteiger partial charge in [-0.15, -0.1) is 0 Å². The number of aliphatic hydroxyl groups is 1. The van der Waals surface area contributed by atoms with E-state index in [9.17, 15) is 13.5 Å². The lowest BCUT2D eigenvalue weighted by Gasteiger charge is -2.34. The highest BCUT2D eigenvalue weighted by atomic mass is 32.2. The van der Waals surface area contributed by atoms with Gasteiger partial charge >= 0.3 is 0 Å². The summed E-state index contributed by atoms with van der Waals surface area (Å²) in [5, 5.41) is 10.2. The van der Waals surface area contributed by atoms with Crippen molar-refractivity contribution in [3.05, 3.63) is 24.3 Å². The summed E-state index contributed by atoms with van der Waals surface area (Å²) in [4.78, 5) is 2.34. The van der Waals surface area contributed by atoms with Crippen molar-refractivity contribution in [1.82, 2.24) is 9.21 Å². The average molecular weight is 415 g/mol. The molecule has 2 aliphatic rings.